The Hall–Kier alpha value is -4.33. The summed E-state index contributed by atoms with van der Waals surface area (Å²) in [5, 5.41) is 121. The van der Waals surface area contributed by atoms with Gasteiger partial charge in [0.15, 0.2) is 18.9 Å². The normalized spacial score (nSPS) is 26.3. The van der Waals surface area contributed by atoms with Gasteiger partial charge in [0, 0.05) is 6.42 Å². The van der Waals surface area contributed by atoms with Crippen molar-refractivity contribution in [1.29, 1.82) is 0 Å². The minimum absolute atomic E-state index is 0.212. The van der Waals surface area contributed by atoms with Crippen LogP contribution in [0.15, 0.2) is 146 Å². The van der Waals surface area contributed by atoms with Crippen LogP contribution in [0.5, 0.6) is 0 Å². The van der Waals surface area contributed by atoms with Gasteiger partial charge in [-0.05, 0) is 103 Å². The zero-order chi connectivity index (χ0) is 77.4. The largest absolute Gasteiger partial charge is 0.394 e. The van der Waals surface area contributed by atoms with Gasteiger partial charge in [-0.15, -0.1) is 0 Å². The Morgan fingerprint density at radius 3 is 1.01 bits per heavy atom. The Labute approximate surface area is 644 Å². The minimum atomic E-state index is -1.99. The maximum Gasteiger partial charge on any atom is 0.220 e. The molecule has 107 heavy (non-hydrogen) atoms. The molecule has 3 aliphatic heterocycles. The lowest BCUT2D eigenvalue weighted by atomic mass is 9.96. The summed E-state index contributed by atoms with van der Waals surface area (Å²) in [5.41, 5.74) is 0. The van der Waals surface area contributed by atoms with Gasteiger partial charge in [-0.1, -0.05) is 307 Å². The number of aliphatic hydroxyl groups is 11. The lowest BCUT2D eigenvalue weighted by molar-refractivity contribution is -0.379. The van der Waals surface area contributed by atoms with Crippen LogP contribution in [0.3, 0.4) is 0 Å². The number of hydrogen-bond donors (Lipinski definition) is 12. The standard InChI is InChI=1S/C88H147NO18/c1-3-5-7-9-11-13-15-17-19-21-23-25-27-28-29-30-31-32-33-34-35-36-37-38-39-40-41-42-44-46-48-50-52-54-56-58-60-62-64-66-76(94)89-71(72(93)65-63-61-59-57-55-53-51-49-47-45-43-26-24-22-20-18-16-14-12-10-8-6-4-2)70-102-86-82(100)79(97)84(74(68-91)104-86)107-88-83(101)80(98)85(75(69-92)105-88)106-87-81(99)78(96)77(95)73(67-90)103-87/h5,7,11,13,17,19,23,25,28-29,31-32,34-35,37-38,40-41,44,46,50,52,63,65,71-75,77-88,90-93,95-101H,3-4,6,8-10,12,14-16,18,20-22,24,26-27,30,33,36,39,42-43,45,47-49,51,53-62,64,66-70H2,1-2H3,(H,89,94)/b7-5-,13-11-,19-17-,25-23-,29-28-,32-31-,35-34-,38-37-,41-40-,46-44-,52-50-,65-63+. The summed E-state index contributed by atoms with van der Waals surface area (Å²) in [7, 11) is 0. The lowest BCUT2D eigenvalue weighted by Gasteiger charge is -2.48. The van der Waals surface area contributed by atoms with E-state index in [-0.39, 0.29) is 18.9 Å². The second-order valence-electron chi connectivity index (χ2n) is 28.9. The summed E-state index contributed by atoms with van der Waals surface area (Å²) in [5.74, 6) is -0.298. The average molecular weight is 1510 g/mol. The highest BCUT2D eigenvalue weighted by Crippen LogP contribution is 2.33. The molecule has 0 saturated carbocycles. The van der Waals surface area contributed by atoms with Gasteiger partial charge in [0.2, 0.25) is 5.91 Å². The van der Waals surface area contributed by atoms with Crippen molar-refractivity contribution >= 4 is 5.91 Å². The molecule has 19 heteroatoms. The number of nitrogens with one attached hydrogen (secondary N) is 1. The van der Waals surface area contributed by atoms with Gasteiger partial charge in [0.25, 0.3) is 0 Å². The first kappa shape index (κ1) is 96.9. The summed E-state index contributed by atoms with van der Waals surface area (Å²) >= 11 is 0. The molecule has 0 aliphatic carbocycles. The summed E-state index contributed by atoms with van der Waals surface area (Å²) < 4.78 is 34.4. The number of aliphatic hydroxyl groups excluding tert-OH is 11. The maximum absolute atomic E-state index is 13.5. The van der Waals surface area contributed by atoms with E-state index in [1.165, 1.54) is 116 Å². The van der Waals surface area contributed by atoms with Gasteiger partial charge in [-0.25, -0.2) is 0 Å². The molecule has 3 rings (SSSR count). The second-order valence-corrected chi connectivity index (χ2v) is 28.9. The SMILES string of the molecule is CC/C=C\C/C=C\C/C=C\C/C=C\C/C=C\C/C=C\C/C=C\C/C=C\C/C=C\C/C=C\C/C=C\CCCCCCCC(=O)NC(COC1OC(CO)C(OC2OC(CO)C(OC3OC(CO)C(O)C(O)C3O)C(O)C2O)C(O)C1O)C(O)/C=C/CCCCCCCCCCCCCCCCCCCCCCC. The third-order valence-corrected chi connectivity index (χ3v) is 19.6. The quantitative estimate of drug-likeness (QED) is 0.0199. The van der Waals surface area contributed by atoms with Gasteiger partial charge < -0.3 is 89.9 Å². The zero-order valence-electron chi connectivity index (χ0n) is 65.6. The van der Waals surface area contributed by atoms with Crippen LogP contribution in [0.1, 0.15) is 271 Å². The number of carbonyl (C=O) groups is 1. The van der Waals surface area contributed by atoms with Gasteiger partial charge in [-0.3, -0.25) is 4.79 Å². The van der Waals surface area contributed by atoms with Gasteiger partial charge in [-0.2, -0.15) is 0 Å². The van der Waals surface area contributed by atoms with E-state index in [4.69, 9.17) is 28.4 Å². The zero-order valence-corrected chi connectivity index (χ0v) is 65.6. The van der Waals surface area contributed by atoms with Gasteiger partial charge >= 0.3 is 0 Å². The van der Waals surface area contributed by atoms with Crippen molar-refractivity contribution in [3.63, 3.8) is 0 Å². The molecule has 0 aromatic heterocycles. The Morgan fingerprint density at radius 2 is 0.645 bits per heavy atom. The van der Waals surface area contributed by atoms with E-state index >= 15 is 0 Å². The fourth-order valence-corrected chi connectivity index (χ4v) is 13.0. The molecule has 0 radical (unpaired) electrons. The first-order chi connectivity index (χ1) is 52.3. The predicted molar refractivity (Wildman–Crippen MR) is 429 cm³/mol. The van der Waals surface area contributed by atoms with Crippen LogP contribution in [0.4, 0.5) is 0 Å². The predicted octanol–water partition coefficient (Wildman–Crippen LogP) is 14.6. The van der Waals surface area contributed by atoms with Crippen LogP contribution >= 0.6 is 0 Å². The van der Waals surface area contributed by atoms with E-state index in [1.807, 2.05) is 6.08 Å². The third-order valence-electron chi connectivity index (χ3n) is 19.6. The van der Waals surface area contributed by atoms with Crippen molar-refractivity contribution < 1.29 is 89.4 Å². The molecular formula is C88H147NO18. The number of rotatable bonds is 64. The number of hydrogen-bond acceptors (Lipinski definition) is 18. The Kier molecular flexibility index (Phi) is 60.0. The molecule has 3 fully saturated rings. The Balaban J connectivity index is 1.37. The molecule has 19 nitrogen and oxygen atoms in total. The molecule has 17 atom stereocenters. The van der Waals surface area contributed by atoms with E-state index in [0.717, 1.165) is 128 Å². The van der Waals surface area contributed by atoms with Crippen molar-refractivity contribution in [2.75, 3.05) is 26.4 Å². The highest BCUT2D eigenvalue weighted by molar-refractivity contribution is 5.76. The fraction of sp³-hybridized carbons (Fsp3) is 0.716. The van der Waals surface area contributed by atoms with Crippen molar-refractivity contribution in [2.24, 2.45) is 0 Å². The van der Waals surface area contributed by atoms with E-state index in [9.17, 15) is 61.0 Å². The summed E-state index contributed by atoms with van der Waals surface area (Å²) in [4.78, 5) is 13.5. The molecule has 12 N–H and O–H groups in total. The number of allylic oxidation sites excluding steroid dienone is 23. The number of carbonyl (C=O) groups excluding carboxylic acids is 1. The Bertz CT molecular complexity index is 2500. The van der Waals surface area contributed by atoms with Crippen LogP contribution < -0.4 is 5.32 Å². The minimum Gasteiger partial charge on any atom is -0.394 e. The molecule has 3 saturated heterocycles. The molecule has 0 bridgehead atoms. The Morgan fingerprint density at radius 1 is 0.346 bits per heavy atom. The molecule has 3 aliphatic rings. The summed E-state index contributed by atoms with van der Waals surface area (Å²) in [6.07, 6.45) is 69.6. The average Bonchev–Trinajstić information content (AvgIpc) is 0.781. The van der Waals surface area contributed by atoms with Gasteiger partial charge in [0.05, 0.1) is 38.6 Å². The molecule has 0 aromatic rings. The molecule has 3 heterocycles. The second kappa shape index (κ2) is 66.3. The van der Waals surface area contributed by atoms with E-state index in [0.29, 0.717) is 6.42 Å². The van der Waals surface area contributed by atoms with Crippen LogP contribution in [0, 0.1) is 0 Å². The highest BCUT2D eigenvalue weighted by Gasteiger charge is 2.54. The van der Waals surface area contributed by atoms with Crippen molar-refractivity contribution in [3.8, 4) is 0 Å². The molecule has 612 valence electrons. The van der Waals surface area contributed by atoms with Crippen molar-refractivity contribution in [3.05, 3.63) is 146 Å². The van der Waals surface area contributed by atoms with E-state index < -0.39 is 124 Å². The first-order valence-electron chi connectivity index (χ1n) is 41.6. The topological polar surface area (TPSA) is 307 Å². The number of ether oxygens (including phenoxy) is 6. The molecule has 0 spiro atoms. The number of unbranched alkanes of at least 4 members (excludes halogenated alkanes) is 26. The smallest absolute Gasteiger partial charge is 0.220 e. The molecule has 1 amide bonds. The van der Waals surface area contributed by atoms with Gasteiger partial charge in [0.1, 0.15) is 73.2 Å². The fourth-order valence-electron chi connectivity index (χ4n) is 13.0. The first-order valence-corrected chi connectivity index (χ1v) is 41.6. The van der Waals surface area contributed by atoms with Crippen LogP contribution in [0.25, 0.3) is 0 Å². The summed E-state index contributed by atoms with van der Waals surface area (Å²) in [6, 6.07) is -0.996. The third kappa shape index (κ3) is 45.7. The lowest BCUT2D eigenvalue weighted by Crippen LogP contribution is -2.66. The van der Waals surface area contributed by atoms with Crippen LogP contribution in [-0.4, -0.2) is 193 Å². The van der Waals surface area contributed by atoms with Crippen molar-refractivity contribution in [1.82, 2.24) is 5.32 Å². The van der Waals surface area contributed by atoms with Crippen molar-refractivity contribution in [2.45, 2.75) is 375 Å². The van der Waals surface area contributed by atoms with Crippen LogP contribution in [0.2, 0.25) is 0 Å². The summed E-state index contributed by atoms with van der Waals surface area (Å²) in [6.45, 7) is 1.62. The monoisotopic (exact) mass is 1510 g/mol. The molecule has 0 aromatic carbocycles. The molecule has 17 unspecified atom stereocenters. The van der Waals surface area contributed by atoms with Crippen LogP contribution in [-0.2, 0) is 33.2 Å². The molecular weight excluding hydrogens is 1360 g/mol. The van der Waals surface area contributed by atoms with E-state index in [2.05, 4.69) is 153 Å². The number of amides is 1. The van der Waals surface area contributed by atoms with E-state index in [1.54, 1.807) is 6.08 Å². The maximum atomic E-state index is 13.5. The highest BCUT2D eigenvalue weighted by atomic mass is 16.8.